The van der Waals surface area contributed by atoms with E-state index in [1.165, 1.54) is 25.0 Å². The summed E-state index contributed by atoms with van der Waals surface area (Å²) >= 11 is 2.13. The Morgan fingerprint density at radius 2 is 2.11 bits per heavy atom. The molecule has 2 heterocycles. The third-order valence-corrected chi connectivity index (χ3v) is 3.71. The molecule has 9 heavy (non-hydrogen) atoms. The van der Waals surface area contributed by atoms with Crippen LogP contribution in [0.1, 0.15) is 19.3 Å². The van der Waals surface area contributed by atoms with E-state index in [1.54, 1.807) is 0 Å². The van der Waals surface area contributed by atoms with Crippen LogP contribution in [0, 0.1) is 0 Å². The minimum atomic E-state index is 0.595. The Labute approximate surface area is 60.2 Å². The normalized spacial score (nSPS) is 32.0. The molecule has 0 aromatic heterocycles. The number of thioether (sulfide) groups is 1. The maximum Gasteiger partial charge on any atom is 0.0636 e. The van der Waals surface area contributed by atoms with Crippen molar-refractivity contribution < 1.29 is 4.74 Å². The van der Waals surface area contributed by atoms with Gasteiger partial charge in [-0.15, -0.1) is 0 Å². The molecule has 0 unspecified atom stereocenters. The predicted octanol–water partition coefficient (Wildman–Crippen LogP) is 1.67. The molecule has 0 N–H and O–H groups in total. The van der Waals surface area contributed by atoms with Crippen molar-refractivity contribution >= 4 is 11.8 Å². The second-order valence-electron chi connectivity index (χ2n) is 2.98. The number of hydrogen-bond acceptors (Lipinski definition) is 2. The predicted molar refractivity (Wildman–Crippen MR) is 39.9 cm³/mol. The van der Waals surface area contributed by atoms with Crippen LogP contribution in [0.15, 0.2) is 0 Å². The van der Waals surface area contributed by atoms with E-state index in [1.807, 2.05) is 0 Å². The van der Waals surface area contributed by atoms with Gasteiger partial charge < -0.3 is 4.74 Å². The van der Waals surface area contributed by atoms with Crippen molar-refractivity contribution in [3.05, 3.63) is 0 Å². The van der Waals surface area contributed by atoms with Crippen LogP contribution < -0.4 is 0 Å². The van der Waals surface area contributed by atoms with Crippen molar-refractivity contribution in [2.75, 3.05) is 19.0 Å². The Balaban J connectivity index is 1.93. The van der Waals surface area contributed by atoms with Gasteiger partial charge in [-0.2, -0.15) is 11.8 Å². The molecule has 1 spiro atoms. The molecule has 2 rings (SSSR count). The summed E-state index contributed by atoms with van der Waals surface area (Å²) in [5.41, 5.74) is 0. The van der Waals surface area contributed by atoms with Gasteiger partial charge in [-0.05, 0) is 18.6 Å². The van der Waals surface area contributed by atoms with Gasteiger partial charge in [-0.25, -0.2) is 0 Å². The average Bonchev–Trinajstić information content (AvgIpc) is 1.87. The van der Waals surface area contributed by atoms with Crippen LogP contribution in [0.25, 0.3) is 0 Å². The highest BCUT2D eigenvalue weighted by atomic mass is 32.2. The largest absolute Gasteiger partial charge is 0.378 e. The molecule has 2 heteroatoms. The van der Waals surface area contributed by atoms with Gasteiger partial charge in [0, 0.05) is 0 Å². The zero-order valence-corrected chi connectivity index (χ0v) is 6.38. The maximum atomic E-state index is 5.19. The molecule has 0 radical (unpaired) electrons. The summed E-state index contributed by atoms with van der Waals surface area (Å²) in [5, 5.41) is 0. The van der Waals surface area contributed by atoms with E-state index in [0.29, 0.717) is 4.75 Å². The lowest BCUT2D eigenvalue weighted by Gasteiger charge is -2.43. The van der Waals surface area contributed by atoms with E-state index >= 15 is 0 Å². The van der Waals surface area contributed by atoms with Gasteiger partial charge in [0.25, 0.3) is 0 Å². The highest BCUT2D eigenvalue weighted by Gasteiger charge is 2.39. The molecular formula is C7H12OS. The molecule has 2 fully saturated rings. The van der Waals surface area contributed by atoms with Gasteiger partial charge in [-0.3, -0.25) is 0 Å². The highest BCUT2D eigenvalue weighted by molar-refractivity contribution is 8.00. The van der Waals surface area contributed by atoms with Gasteiger partial charge in [-0.1, -0.05) is 6.42 Å². The lowest BCUT2D eigenvalue weighted by molar-refractivity contribution is -0.0145. The second kappa shape index (κ2) is 2.17. The van der Waals surface area contributed by atoms with Crippen LogP contribution >= 0.6 is 11.8 Å². The summed E-state index contributed by atoms with van der Waals surface area (Å²) in [6.45, 7) is 2.05. The Morgan fingerprint density at radius 1 is 1.22 bits per heavy atom. The lowest BCUT2D eigenvalue weighted by Crippen LogP contribution is -2.48. The molecule has 52 valence electrons. The molecule has 0 atom stereocenters. The third-order valence-electron chi connectivity index (χ3n) is 2.17. The average molecular weight is 144 g/mol. The van der Waals surface area contributed by atoms with Crippen LogP contribution in [-0.2, 0) is 4.74 Å². The minimum absolute atomic E-state index is 0.595. The molecule has 0 amide bonds. The number of hydrogen-bond donors (Lipinski definition) is 0. The first-order valence-corrected chi connectivity index (χ1v) is 4.62. The fourth-order valence-electron chi connectivity index (χ4n) is 1.47. The van der Waals surface area contributed by atoms with Crippen LogP contribution in [0.5, 0.6) is 0 Å². The molecule has 0 aromatic carbocycles. The molecule has 0 saturated carbocycles. The van der Waals surface area contributed by atoms with Crippen molar-refractivity contribution in [1.82, 2.24) is 0 Å². The SMILES string of the molecule is C1CCC2(COC2)SC1. The summed E-state index contributed by atoms with van der Waals surface area (Å²) in [4.78, 5) is 0. The summed E-state index contributed by atoms with van der Waals surface area (Å²) in [5.74, 6) is 1.36. The Hall–Kier alpha value is 0.310. The van der Waals surface area contributed by atoms with Gasteiger partial charge in [0.1, 0.15) is 0 Å². The van der Waals surface area contributed by atoms with Crippen molar-refractivity contribution in [2.24, 2.45) is 0 Å². The van der Waals surface area contributed by atoms with E-state index in [9.17, 15) is 0 Å². The zero-order chi connectivity index (χ0) is 6.16. The molecule has 2 saturated heterocycles. The smallest absolute Gasteiger partial charge is 0.0636 e. The third kappa shape index (κ3) is 0.987. The van der Waals surface area contributed by atoms with Gasteiger partial charge in [0.2, 0.25) is 0 Å². The molecule has 2 aliphatic heterocycles. The molecular weight excluding hydrogens is 132 g/mol. The summed E-state index contributed by atoms with van der Waals surface area (Å²) in [6, 6.07) is 0. The first-order chi connectivity index (χ1) is 4.41. The molecule has 1 nitrogen and oxygen atoms in total. The van der Waals surface area contributed by atoms with Crippen LogP contribution in [0.2, 0.25) is 0 Å². The van der Waals surface area contributed by atoms with E-state index in [-0.39, 0.29) is 0 Å². The Kier molecular flexibility index (Phi) is 1.46. The highest BCUT2D eigenvalue weighted by Crippen LogP contribution is 2.41. The molecule has 0 aromatic rings. The summed E-state index contributed by atoms with van der Waals surface area (Å²) in [7, 11) is 0. The van der Waals surface area contributed by atoms with Gasteiger partial charge in [0.15, 0.2) is 0 Å². The monoisotopic (exact) mass is 144 g/mol. The summed E-state index contributed by atoms with van der Waals surface area (Å²) < 4.78 is 5.79. The van der Waals surface area contributed by atoms with E-state index in [0.717, 1.165) is 13.2 Å². The van der Waals surface area contributed by atoms with Crippen LogP contribution in [0.3, 0.4) is 0 Å². The molecule has 0 bridgehead atoms. The first kappa shape index (κ1) is 6.05. The molecule has 2 aliphatic rings. The zero-order valence-electron chi connectivity index (χ0n) is 5.56. The van der Waals surface area contributed by atoms with Crippen LogP contribution in [-0.4, -0.2) is 23.7 Å². The van der Waals surface area contributed by atoms with E-state index in [2.05, 4.69) is 11.8 Å². The fourth-order valence-corrected chi connectivity index (χ4v) is 2.87. The van der Waals surface area contributed by atoms with E-state index in [4.69, 9.17) is 4.74 Å². The Bertz CT molecular complexity index is 101. The second-order valence-corrected chi connectivity index (χ2v) is 4.54. The topological polar surface area (TPSA) is 9.23 Å². The maximum absolute atomic E-state index is 5.19. The quantitative estimate of drug-likeness (QED) is 0.511. The Morgan fingerprint density at radius 3 is 2.44 bits per heavy atom. The number of ether oxygens (including phenoxy) is 1. The molecule has 0 aliphatic carbocycles. The fraction of sp³-hybridized carbons (Fsp3) is 1.00. The van der Waals surface area contributed by atoms with E-state index < -0.39 is 0 Å². The minimum Gasteiger partial charge on any atom is -0.378 e. The van der Waals surface area contributed by atoms with Crippen molar-refractivity contribution in [2.45, 2.75) is 24.0 Å². The van der Waals surface area contributed by atoms with Gasteiger partial charge in [0.05, 0.1) is 18.0 Å². The van der Waals surface area contributed by atoms with Crippen molar-refractivity contribution in [1.29, 1.82) is 0 Å². The van der Waals surface area contributed by atoms with Crippen molar-refractivity contribution in [3.8, 4) is 0 Å². The first-order valence-electron chi connectivity index (χ1n) is 3.63. The lowest BCUT2D eigenvalue weighted by atomic mass is 9.99. The summed E-state index contributed by atoms with van der Waals surface area (Å²) in [6.07, 6.45) is 4.25. The van der Waals surface area contributed by atoms with Crippen molar-refractivity contribution in [3.63, 3.8) is 0 Å². The van der Waals surface area contributed by atoms with Crippen LogP contribution in [0.4, 0.5) is 0 Å². The number of rotatable bonds is 0. The van der Waals surface area contributed by atoms with Gasteiger partial charge >= 0.3 is 0 Å². The standard InChI is InChI=1S/C7H12OS/c1-2-4-9-7(3-1)5-8-6-7/h1-6H2.